The SMILES string of the molecule is CCC(N)C(c1ccc(C)s1)N(CCO)C1CCCCC1. The van der Waals surface area contributed by atoms with Gasteiger partial charge in [-0.25, -0.2) is 0 Å². The lowest BCUT2D eigenvalue weighted by molar-refractivity contribution is 0.0681. The molecule has 1 aromatic rings. The van der Waals surface area contributed by atoms with Crippen molar-refractivity contribution in [3.8, 4) is 0 Å². The fourth-order valence-corrected chi connectivity index (χ4v) is 4.61. The highest BCUT2D eigenvalue weighted by Crippen LogP contribution is 2.35. The molecule has 21 heavy (non-hydrogen) atoms. The Morgan fingerprint density at radius 3 is 2.57 bits per heavy atom. The molecular weight excluding hydrogens is 280 g/mol. The van der Waals surface area contributed by atoms with Gasteiger partial charge in [0.15, 0.2) is 0 Å². The molecule has 1 aliphatic rings. The van der Waals surface area contributed by atoms with Crippen LogP contribution in [0.15, 0.2) is 12.1 Å². The topological polar surface area (TPSA) is 49.5 Å². The van der Waals surface area contributed by atoms with Gasteiger partial charge in [-0.2, -0.15) is 0 Å². The second kappa shape index (κ2) is 8.28. The molecule has 1 aliphatic carbocycles. The van der Waals surface area contributed by atoms with E-state index >= 15 is 0 Å². The predicted molar refractivity (Wildman–Crippen MR) is 90.7 cm³/mol. The molecule has 1 aromatic heterocycles. The van der Waals surface area contributed by atoms with Crippen molar-refractivity contribution in [2.24, 2.45) is 5.73 Å². The zero-order valence-corrected chi connectivity index (χ0v) is 14.2. The summed E-state index contributed by atoms with van der Waals surface area (Å²) in [7, 11) is 0. The molecule has 4 heteroatoms. The van der Waals surface area contributed by atoms with Gasteiger partial charge in [0.05, 0.1) is 12.6 Å². The number of aliphatic hydroxyl groups is 1. The molecule has 0 spiro atoms. The number of hydrogen-bond donors (Lipinski definition) is 2. The zero-order valence-electron chi connectivity index (χ0n) is 13.4. The summed E-state index contributed by atoms with van der Waals surface area (Å²) in [5, 5.41) is 9.54. The van der Waals surface area contributed by atoms with Crippen molar-refractivity contribution in [2.45, 2.75) is 70.5 Å². The first-order chi connectivity index (χ1) is 10.2. The largest absolute Gasteiger partial charge is 0.395 e. The molecule has 120 valence electrons. The molecule has 1 fully saturated rings. The molecule has 0 bridgehead atoms. The van der Waals surface area contributed by atoms with E-state index in [9.17, 15) is 5.11 Å². The standard InChI is InChI=1S/C17H30N2OS/c1-3-15(18)17(16-10-9-13(2)21-16)19(11-12-20)14-7-5-4-6-8-14/h9-10,14-15,17,20H,3-8,11-12,18H2,1-2H3. The number of thiophene rings is 1. The third kappa shape index (κ3) is 4.28. The van der Waals surface area contributed by atoms with Crippen LogP contribution >= 0.6 is 11.3 Å². The number of hydrogen-bond acceptors (Lipinski definition) is 4. The van der Waals surface area contributed by atoms with Crippen LogP contribution in [0.1, 0.15) is 61.2 Å². The highest BCUT2D eigenvalue weighted by molar-refractivity contribution is 7.12. The van der Waals surface area contributed by atoms with E-state index in [1.807, 2.05) is 11.3 Å². The van der Waals surface area contributed by atoms with Crippen molar-refractivity contribution in [3.05, 3.63) is 21.9 Å². The molecule has 2 rings (SSSR count). The quantitative estimate of drug-likeness (QED) is 0.811. The first-order valence-electron chi connectivity index (χ1n) is 8.35. The Morgan fingerprint density at radius 1 is 1.33 bits per heavy atom. The summed E-state index contributed by atoms with van der Waals surface area (Å²) >= 11 is 1.85. The smallest absolute Gasteiger partial charge is 0.0596 e. The zero-order chi connectivity index (χ0) is 15.2. The lowest BCUT2D eigenvalue weighted by atomic mass is 9.91. The van der Waals surface area contributed by atoms with E-state index in [1.165, 1.54) is 41.9 Å². The molecule has 3 nitrogen and oxygen atoms in total. The van der Waals surface area contributed by atoms with Crippen LogP contribution in [0.25, 0.3) is 0 Å². The summed E-state index contributed by atoms with van der Waals surface area (Å²) in [5.41, 5.74) is 6.48. The lowest BCUT2D eigenvalue weighted by Crippen LogP contribution is -2.47. The predicted octanol–water partition coefficient (Wildman–Crippen LogP) is 3.46. The minimum Gasteiger partial charge on any atom is -0.395 e. The average molecular weight is 311 g/mol. The van der Waals surface area contributed by atoms with E-state index < -0.39 is 0 Å². The van der Waals surface area contributed by atoms with Gasteiger partial charge < -0.3 is 10.8 Å². The lowest BCUT2D eigenvalue weighted by Gasteiger charge is -2.41. The van der Waals surface area contributed by atoms with Crippen LogP contribution in [0, 0.1) is 6.92 Å². The summed E-state index contributed by atoms with van der Waals surface area (Å²) in [6.07, 6.45) is 7.44. The molecule has 2 unspecified atom stereocenters. The Balaban J connectivity index is 2.25. The number of aryl methyl sites for hydroxylation is 1. The summed E-state index contributed by atoms with van der Waals surface area (Å²) in [6, 6.07) is 5.39. The molecule has 2 atom stereocenters. The summed E-state index contributed by atoms with van der Waals surface area (Å²) in [6.45, 7) is 5.27. The molecule has 0 saturated heterocycles. The van der Waals surface area contributed by atoms with Gasteiger partial charge in [-0.1, -0.05) is 26.2 Å². The van der Waals surface area contributed by atoms with Gasteiger partial charge in [0.2, 0.25) is 0 Å². The van der Waals surface area contributed by atoms with Gasteiger partial charge in [0.1, 0.15) is 0 Å². The van der Waals surface area contributed by atoms with Crippen molar-refractivity contribution in [1.29, 1.82) is 0 Å². The average Bonchev–Trinajstić information content (AvgIpc) is 2.93. The molecular formula is C17H30N2OS. The number of nitrogens with two attached hydrogens (primary N) is 1. The van der Waals surface area contributed by atoms with Gasteiger partial charge in [-0.3, -0.25) is 4.90 Å². The maximum atomic E-state index is 9.54. The van der Waals surface area contributed by atoms with Gasteiger partial charge in [0.25, 0.3) is 0 Å². The van der Waals surface area contributed by atoms with E-state index in [0.29, 0.717) is 6.04 Å². The summed E-state index contributed by atoms with van der Waals surface area (Å²) in [5.74, 6) is 0. The van der Waals surface area contributed by atoms with Crippen molar-refractivity contribution in [2.75, 3.05) is 13.2 Å². The normalized spacial score (nSPS) is 19.9. The summed E-state index contributed by atoms with van der Waals surface area (Å²) < 4.78 is 0. The second-order valence-corrected chi connectivity index (χ2v) is 7.54. The van der Waals surface area contributed by atoms with E-state index in [-0.39, 0.29) is 18.7 Å². The van der Waals surface area contributed by atoms with Crippen LogP contribution < -0.4 is 5.73 Å². The second-order valence-electron chi connectivity index (χ2n) is 6.22. The third-order valence-electron chi connectivity index (χ3n) is 4.69. The minimum atomic E-state index is 0.136. The van der Waals surface area contributed by atoms with Gasteiger partial charge >= 0.3 is 0 Å². The molecule has 1 saturated carbocycles. The van der Waals surface area contributed by atoms with Crippen LogP contribution in [-0.2, 0) is 0 Å². The fourth-order valence-electron chi connectivity index (χ4n) is 3.53. The molecule has 1 heterocycles. The van der Waals surface area contributed by atoms with E-state index in [4.69, 9.17) is 5.73 Å². The van der Waals surface area contributed by atoms with Gasteiger partial charge in [-0.15, -0.1) is 11.3 Å². The number of nitrogens with zero attached hydrogens (tertiary/aromatic N) is 1. The maximum absolute atomic E-state index is 9.54. The highest BCUT2D eigenvalue weighted by Gasteiger charge is 2.32. The van der Waals surface area contributed by atoms with Crippen LogP contribution in [0.5, 0.6) is 0 Å². The minimum absolute atomic E-state index is 0.136. The Morgan fingerprint density at radius 2 is 2.05 bits per heavy atom. The fraction of sp³-hybridized carbons (Fsp3) is 0.765. The maximum Gasteiger partial charge on any atom is 0.0596 e. The summed E-state index contributed by atoms with van der Waals surface area (Å²) in [4.78, 5) is 5.20. The Labute approximate surface area is 133 Å². The molecule has 3 N–H and O–H groups in total. The van der Waals surface area contributed by atoms with Crippen molar-refractivity contribution in [3.63, 3.8) is 0 Å². The van der Waals surface area contributed by atoms with Crippen LogP contribution in [0.4, 0.5) is 0 Å². The van der Waals surface area contributed by atoms with E-state index in [2.05, 4.69) is 30.9 Å². The third-order valence-corrected chi connectivity index (χ3v) is 5.76. The Kier molecular flexibility index (Phi) is 6.68. The van der Waals surface area contributed by atoms with Gasteiger partial charge in [-0.05, 0) is 38.3 Å². The highest BCUT2D eigenvalue weighted by atomic mass is 32.1. The molecule has 0 radical (unpaired) electrons. The van der Waals surface area contributed by atoms with Crippen molar-refractivity contribution in [1.82, 2.24) is 4.90 Å². The van der Waals surface area contributed by atoms with Crippen molar-refractivity contribution < 1.29 is 5.11 Å². The first-order valence-corrected chi connectivity index (χ1v) is 9.17. The van der Waals surface area contributed by atoms with E-state index in [0.717, 1.165) is 13.0 Å². The first kappa shape index (κ1) is 16.9. The van der Waals surface area contributed by atoms with E-state index in [1.54, 1.807) is 0 Å². The van der Waals surface area contributed by atoms with Crippen LogP contribution in [-0.4, -0.2) is 35.2 Å². The number of aliphatic hydroxyl groups excluding tert-OH is 1. The monoisotopic (exact) mass is 310 g/mol. The molecule has 0 amide bonds. The van der Waals surface area contributed by atoms with Crippen molar-refractivity contribution >= 4 is 11.3 Å². The molecule has 0 aliphatic heterocycles. The Bertz CT molecular complexity index is 415. The van der Waals surface area contributed by atoms with Gasteiger partial charge in [0, 0.05) is 28.4 Å². The van der Waals surface area contributed by atoms with Crippen LogP contribution in [0.3, 0.4) is 0 Å². The molecule has 0 aromatic carbocycles. The van der Waals surface area contributed by atoms with Crippen LogP contribution in [0.2, 0.25) is 0 Å². The number of rotatable bonds is 7. The Hall–Kier alpha value is -0.420.